The predicted molar refractivity (Wildman–Crippen MR) is 102 cm³/mol. The van der Waals surface area contributed by atoms with Gasteiger partial charge in [0.05, 0.1) is 6.04 Å². The Balaban J connectivity index is 1.51. The highest BCUT2D eigenvalue weighted by Gasteiger charge is 2.46. The Labute approximate surface area is 155 Å². The highest BCUT2D eigenvalue weighted by atomic mass is 16.5. The zero-order chi connectivity index (χ0) is 18.1. The van der Waals surface area contributed by atoms with Crippen LogP contribution in [0.2, 0.25) is 0 Å². The molecule has 0 radical (unpaired) electrons. The van der Waals surface area contributed by atoms with Crippen molar-refractivity contribution >= 4 is 5.91 Å². The Kier molecular flexibility index (Phi) is 4.68. The molecule has 3 atom stereocenters. The van der Waals surface area contributed by atoms with Gasteiger partial charge in [0, 0.05) is 25.6 Å². The molecule has 2 aromatic carbocycles. The summed E-state index contributed by atoms with van der Waals surface area (Å²) in [7, 11) is 0. The lowest BCUT2D eigenvalue weighted by Gasteiger charge is -2.28. The summed E-state index contributed by atoms with van der Waals surface area (Å²) in [6, 6.07) is 16.5. The zero-order valence-electron chi connectivity index (χ0n) is 15.4. The van der Waals surface area contributed by atoms with Crippen LogP contribution in [0.15, 0.2) is 48.5 Å². The smallest absolute Gasteiger partial charge is 0.261 e. The number of ether oxygens (including phenoxy) is 1. The van der Waals surface area contributed by atoms with Crippen LogP contribution in [-0.4, -0.2) is 37.0 Å². The molecule has 1 N–H and O–H groups in total. The van der Waals surface area contributed by atoms with Crippen LogP contribution in [0.5, 0.6) is 5.75 Å². The number of amides is 1. The number of carbonyl (C=O) groups is 1. The van der Waals surface area contributed by atoms with E-state index in [1.54, 1.807) is 0 Å². The van der Waals surface area contributed by atoms with Crippen LogP contribution in [0, 0.1) is 25.7 Å². The SMILES string of the molecule is Cc1cccc(OCC(=O)N2C[C@@H]3CNC[C@@H]3[C@H]2c2ccccc2)c1C. The number of nitrogens with one attached hydrogen (secondary N) is 1. The second-order valence-electron chi connectivity index (χ2n) is 7.47. The summed E-state index contributed by atoms with van der Waals surface area (Å²) >= 11 is 0. The van der Waals surface area contributed by atoms with Crippen molar-refractivity contribution in [3.63, 3.8) is 0 Å². The van der Waals surface area contributed by atoms with E-state index in [2.05, 4.69) is 42.6 Å². The molecule has 26 heavy (non-hydrogen) atoms. The third-order valence-electron chi connectivity index (χ3n) is 5.93. The first-order chi connectivity index (χ1) is 12.6. The van der Waals surface area contributed by atoms with Crippen molar-refractivity contribution in [2.24, 2.45) is 11.8 Å². The van der Waals surface area contributed by atoms with Crippen LogP contribution < -0.4 is 10.1 Å². The molecule has 2 aliphatic rings. The van der Waals surface area contributed by atoms with Gasteiger partial charge in [0.25, 0.3) is 5.91 Å². The van der Waals surface area contributed by atoms with Crippen LogP contribution in [0.4, 0.5) is 0 Å². The molecule has 136 valence electrons. The van der Waals surface area contributed by atoms with Crippen molar-refractivity contribution in [2.75, 3.05) is 26.2 Å². The molecule has 0 aromatic heterocycles. The topological polar surface area (TPSA) is 41.6 Å². The molecule has 0 aliphatic carbocycles. The molecule has 4 nitrogen and oxygen atoms in total. The van der Waals surface area contributed by atoms with E-state index in [-0.39, 0.29) is 18.6 Å². The van der Waals surface area contributed by atoms with Gasteiger partial charge < -0.3 is 15.0 Å². The van der Waals surface area contributed by atoms with E-state index in [9.17, 15) is 4.79 Å². The minimum Gasteiger partial charge on any atom is -0.483 e. The highest BCUT2D eigenvalue weighted by molar-refractivity contribution is 5.79. The molecule has 2 aliphatic heterocycles. The Hall–Kier alpha value is -2.33. The largest absolute Gasteiger partial charge is 0.483 e. The second-order valence-corrected chi connectivity index (χ2v) is 7.47. The van der Waals surface area contributed by atoms with E-state index in [4.69, 9.17) is 4.74 Å². The highest BCUT2D eigenvalue weighted by Crippen LogP contribution is 2.42. The molecule has 0 unspecified atom stereocenters. The summed E-state index contributed by atoms with van der Waals surface area (Å²) in [5.41, 5.74) is 3.50. The number of carbonyl (C=O) groups excluding carboxylic acids is 1. The van der Waals surface area contributed by atoms with Crippen molar-refractivity contribution in [3.05, 3.63) is 65.2 Å². The maximum absolute atomic E-state index is 13.0. The minimum absolute atomic E-state index is 0.0779. The van der Waals surface area contributed by atoms with E-state index in [1.165, 1.54) is 11.1 Å². The normalized spacial score (nSPS) is 24.5. The molecule has 4 heteroatoms. The molecule has 4 rings (SSSR count). The molecule has 2 heterocycles. The second kappa shape index (κ2) is 7.12. The minimum atomic E-state index is 0.0779. The Morgan fingerprint density at radius 2 is 1.92 bits per heavy atom. The fourth-order valence-corrected chi connectivity index (χ4v) is 4.36. The fraction of sp³-hybridized carbons (Fsp3) is 0.409. The maximum Gasteiger partial charge on any atom is 0.261 e. The Morgan fingerprint density at radius 1 is 1.12 bits per heavy atom. The number of nitrogens with zero attached hydrogens (tertiary/aromatic N) is 1. The first-order valence-electron chi connectivity index (χ1n) is 9.39. The molecular formula is C22H26N2O2. The monoisotopic (exact) mass is 350 g/mol. The van der Waals surface area contributed by atoms with Crippen molar-refractivity contribution < 1.29 is 9.53 Å². The van der Waals surface area contributed by atoms with Crippen LogP contribution in [-0.2, 0) is 4.79 Å². The van der Waals surface area contributed by atoms with Gasteiger partial charge in [-0.25, -0.2) is 0 Å². The summed E-state index contributed by atoms with van der Waals surface area (Å²) in [4.78, 5) is 15.0. The third-order valence-corrected chi connectivity index (χ3v) is 5.93. The number of aryl methyl sites for hydroxylation is 1. The van der Waals surface area contributed by atoms with Crippen LogP contribution in [0.3, 0.4) is 0 Å². The summed E-state index contributed by atoms with van der Waals surface area (Å²) in [6.07, 6.45) is 0. The fourth-order valence-electron chi connectivity index (χ4n) is 4.36. The van der Waals surface area contributed by atoms with E-state index in [0.717, 1.165) is 30.9 Å². The molecule has 2 fully saturated rings. The average molecular weight is 350 g/mol. The number of benzene rings is 2. The van der Waals surface area contributed by atoms with Crippen molar-refractivity contribution in [2.45, 2.75) is 19.9 Å². The van der Waals surface area contributed by atoms with Gasteiger partial charge in [-0.2, -0.15) is 0 Å². The maximum atomic E-state index is 13.0. The molecule has 1 amide bonds. The van der Waals surface area contributed by atoms with E-state index < -0.39 is 0 Å². The van der Waals surface area contributed by atoms with Gasteiger partial charge >= 0.3 is 0 Å². The Morgan fingerprint density at radius 3 is 2.73 bits per heavy atom. The first-order valence-corrected chi connectivity index (χ1v) is 9.39. The first kappa shape index (κ1) is 17.1. The Bertz CT molecular complexity index is 790. The van der Waals surface area contributed by atoms with Gasteiger partial charge in [0.1, 0.15) is 5.75 Å². The van der Waals surface area contributed by atoms with Gasteiger partial charge in [-0.15, -0.1) is 0 Å². The number of hydrogen-bond acceptors (Lipinski definition) is 3. The van der Waals surface area contributed by atoms with Crippen LogP contribution in [0.25, 0.3) is 0 Å². The summed E-state index contributed by atoms with van der Waals surface area (Å²) in [6.45, 7) is 6.98. The molecular weight excluding hydrogens is 324 g/mol. The third kappa shape index (κ3) is 3.10. The van der Waals surface area contributed by atoms with Crippen molar-refractivity contribution in [1.82, 2.24) is 10.2 Å². The lowest BCUT2D eigenvalue weighted by molar-refractivity contribution is -0.134. The number of likely N-dealkylation sites (tertiary alicyclic amines) is 1. The molecule has 2 saturated heterocycles. The molecule has 0 spiro atoms. The lowest BCUT2D eigenvalue weighted by Crippen LogP contribution is -2.37. The van der Waals surface area contributed by atoms with E-state index >= 15 is 0 Å². The van der Waals surface area contributed by atoms with Gasteiger partial charge in [-0.05, 0) is 42.5 Å². The van der Waals surface area contributed by atoms with Crippen LogP contribution >= 0.6 is 0 Å². The summed E-state index contributed by atoms with van der Waals surface area (Å²) < 4.78 is 5.89. The van der Waals surface area contributed by atoms with Crippen molar-refractivity contribution in [1.29, 1.82) is 0 Å². The summed E-state index contributed by atoms with van der Waals surface area (Å²) in [5.74, 6) is 1.90. The standard InChI is InChI=1S/C22H26N2O2/c1-15-7-6-10-20(16(15)2)26-14-21(25)24-13-18-11-23-12-19(18)22(24)17-8-4-3-5-9-17/h3-10,18-19,22-23H,11-14H2,1-2H3/t18-,19-,22+/m0/s1. The lowest BCUT2D eigenvalue weighted by atomic mass is 9.89. The predicted octanol–water partition coefficient (Wildman–Crippen LogP) is 3.10. The van der Waals surface area contributed by atoms with Gasteiger partial charge in [0.15, 0.2) is 6.61 Å². The van der Waals surface area contributed by atoms with Crippen molar-refractivity contribution in [3.8, 4) is 5.75 Å². The number of rotatable bonds is 4. The quantitative estimate of drug-likeness (QED) is 0.921. The molecule has 0 bridgehead atoms. The zero-order valence-corrected chi connectivity index (χ0v) is 15.4. The van der Waals surface area contributed by atoms with Gasteiger partial charge in [0.2, 0.25) is 0 Å². The molecule has 2 aromatic rings. The van der Waals surface area contributed by atoms with Crippen LogP contribution in [0.1, 0.15) is 22.7 Å². The molecule has 0 saturated carbocycles. The number of fused-ring (bicyclic) bond motifs is 1. The average Bonchev–Trinajstić information content (AvgIpc) is 3.24. The van der Waals surface area contributed by atoms with E-state index in [0.29, 0.717) is 11.8 Å². The van der Waals surface area contributed by atoms with E-state index in [1.807, 2.05) is 30.0 Å². The van der Waals surface area contributed by atoms with Gasteiger partial charge in [-0.3, -0.25) is 4.79 Å². The van der Waals surface area contributed by atoms with Gasteiger partial charge in [-0.1, -0.05) is 42.5 Å². The summed E-state index contributed by atoms with van der Waals surface area (Å²) in [5, 5.41) is 3.49. The number of hydrogen-bond donors (Lipinski definition) is 1.